The zero-order valence-electron chi connectivity index (χ0n) is 11.7. The summed E-state index contributed by atoms with van der Waals surface area (Å²) >= 11 is 2.23. The van der Waals surface area contributed by atoms with Gasteiger partial charge in [0, 0.05) is 24.5 Å². The Morgan fingerprint density at radius 3 is 2.67 bits per heavy atom. The number of hydrogen-bond acceptors (Lipinski definition) is 4. The van der Waals surface area contributed by atoms with Crippen molar-refractivity contribution in [3.63, 3.8) is 0 Å². The van der Waals surface area contributed by atoms with Gasteiger partial charge in [-0.25, -0.2) is 9.97 Å². The Kier molecular flexibility index (Phi) is 4.35. The molecule has 0 spiro atoms. The van der Waals surface area contributed by atoms with E-state index in [0.717, 1.165) is 44.8 Å². The van der Waals surface area contributed by atoms with Gasteiger partial charge in [-0.15, -0.1) is 0 Å². The largest absolute Gasteiger partial charge is 0.384 e. The van der Waals surface area contributed by atoms with Crippen LogP contribution in [0.4, 0.5) is 5.69 Å². The number of rotatable bonds is 5. The lowest BCUT2D eigenvalue weighted by Gasteiger charge is -2.06. The van der Waals surface area contributed by atoms with Gasteiger partial charge in [-0.1, -0.05) is 12.1 Å². The lowest BCUT2D eigenvalue weighted by molar-refractivity contribution is 0.824. The molecule has 0 atom stereocenters. The van der Waals surface area contributed by atoms with Crippen LogP contribution in [0, 0.1) is 3.70 Å². The summed E-state index contributed by atoms with van der Waals surface area (Å²) in [6.07, 6.45) is 1.58. The smallest absolute Gasteiger partial charge is 0.142 e. The van der Waals surface area contributed by atoms with E-state index in [4.69, 9.17) is 0 Å². The van der Waals surface area contributed by atoms with Gasteiger partial charge in [-0.3, -0.25) is 0 Å². The summed E-state index contributed by atoms with van der Waals surface area (Å²) in [4.78, 5) is 11.8. The van der Waals surface area contributed by atoms with Gasteiger partial charge in [0.2, 0.25) is 0 Å². The minimum absolute atomic E-state index is 0.876. The zero-order valence-corrected chi connectivity index (χ0v) is 13.8. The molecule has 0 fully saturated rings. The lowest BCUT2D eigenvalue weighted by atomic mass is 10.1. The fourth-order valence-electron chi connectivity index (χ4n) is 2.16. The first-order valence-electron chi connectivity index (χ1n) is 6.76. The molecule has 5 nitrogen and oxygen atoms in total. The van der Waals surface area contributed by atoms with E-state index >= 15 is 0 Å². The molecule has 108 valence electrons. The quantitative estimate of drug-likeness (QED) is 0.354. The normalized spacial score (nSPS) is 11.0. The molecule has 0 amide bonds. The number of aromatic nitrogens is 3. The Bertz CT molecular complexity index is 735. The molecule has 0 unspecified atom stereocenters. The van der Waals surface area contributed by atoms with E-state index in [2.05, 4.69) is 78.5 Å². The van der Waals surface area contributed by atoms with Gasteiger partial charge >= 0.3 is 0 Å². The van der Waals surface area contributed by atoms with Crippen molar-refractivity contribution in [1.82, 2.24) is 20.3 Å². The molecule has 3 aromatic rings. The van der Waals surface area contributed by atoms with Crippen LogP contribution in [0.25, 0.3) is 22.3 Å². The topological polar surface area (TPSA) is 65.6 Å². The fourth-order valence-corrected chi connectivity index (χ4v) is 2.70. The number of hydrogen-bond donors (Lipinski definition) is 3. The maximum absolute atomic E-state index is 4.26. The summed E-state index contributed by atoms with van der Waals surface area (Å²) in [7, 11) is 1.95. The Hall–Kier alpha value is -1.67. The van der Waals surface area contributed by atoms with Gasteiger partial charge in [0.15, 0.2) is 0 Å². The standard InChI is InChI=1S/C15H16IN5/c1-17-6-7-18-11-4-2-10(3-5-11)13-8-12-14(16)19-9-20-15(12)21-13/h2-5,8-9,17-18H,6-7H2,1H3,(H,19,20,21). The van der Waals surface area contributed by atoms with Gasteiger partial charge in [0.25, 0.3) is 0 Å². The van der Waals surface area contributed by atoms with Gasteiger partial charge < -0.3 is 15.6 Å². The number of nitrogens with zero attached hydrogens (tertiary/aromatic N) is 2. The molecular formula is C15H16IN5. The summed E-state index contributed by atoms with van der Waals surface area (Å²) in [5, 5.41) is 7.54. The van der Waals surface area contributed by atoms with Crippen molar-refractivity contribution >= 4 is 39.3 Å². The number of aromatic amines is 1. The third-order valence-corrected chi connectivity index (χ3v) is 4.14. The second-order valence-electron chi connectivity index (χ2n) is 4.72. The molecule has 3 N–H and O–H groups in total. The molecule has 0 bridgehead atoms. The minimum atomic E-state index is 0.876. The number of fused-ring (bicyclic) bond motifs is 1. The van der Waals surface area contributed by atoms with Crippen LogP contribution in [-0.4, -0.2) is 35.1 Å². The SMILES string of the molecule is CNCCNc1ccc(-c2cc3c(I)ncnc3[nH]2)cc1. The van der Waals surface area contributed by atoms with Crippen molar-refractivity contribution in [2.45, 2.75) is 0 Å². The summed E-state index contributed by atoms with van der Waals surface area (Å²) in [5.74, 6) is 0. The highest BCUT2D eigenvalue weighted by Crippen LogP contribution is 2.26. The van der Waals surface area contributed by atoms with E-state index in [0.29, 0.717) is 0 Å². The van der Waals surface area contributed by atoms with Crippen molar-refractivity contribution in [1.29, 1.82) is 0 Å². The van der Waals surface area contributed by atoms with Gasteiger partial charge in [-0.05, 0) is 53.4 Å². The van der Waals surface area contributed by atoms with Crippen molar-refractivity contribution in [3.8, 4) is 11.3 Å². The van der Waals surface area contributed by atoms with Gasteiger partial charge in [-0.2, -0.15) is 0 Å². The average molecular weight is 393 g/mol. The average Bonchev–Trinajstić information content (AvgIpc) is 2.94. The predicted octanol–water partition coefficient (Wildman–Crippen LogP) is 2.86. The van der Waals surface area contributed by atoms with E-state index in [1.807, 2.05) is 7.05 Å². The number of halogens is 1. The number of benzene rings is 1. The second-order valence-corrected chi connectivity index (χ2v) is 5.74. The first-order chi connectivity index (χ1) is 10.3. The summed E-state index contributed by atoms with van der Waals surface area (Å²) in [5.41, 5.74) is 4.20. The van der Waals surface area contributed by atoms with E-state index in [-0.39, 0.29) is 0 Å². The minimum Gasteiger partial charge on any atom is -0.384 e. The molecule has 0 radical (unpaired) electrons. The second kappa shape index (κ2) is 6.40. The lowest BCUT2D eigenvalue weighted by Crippen LogP contribution is -2.17. The van der Waals surface area contributed by atoms with Crippen molar-refractivity contribution in [3.05, 3.63) is 40.4 Å². The van der Waals surface area contributed by atoms with E-state index in [1.54, 1.807) is 6.33 Å². The third-order valence-electron chi connectivity index (χ3n) is 3.28. The summed E-state index contributed by atoms with van der Waals surface area (Å²) < 4.78 is 0.963. The van der Waals surface area contributed by atoms with Crippen LogP contribution in [-0.2, 0) is 0 Å². The molecule has 1 aromatic carbocycles. The van der Waals surface area contributed by atoms with Crippen LogP contribution < -0.4 is 10.6 Å². The van der Waals surface area contributed by atoms with Gasteiger partial charge in [0.1, 0.15) is 15.7 Å². The molecule has 2 aromatic heterocycles. The molecule has 6 heteroatoms. The predicted molar refractivity (Wildman–Crippen MR) is 94.5 cm³/mol. The monoisotopic (exact) mass is 393 g/mol. The Morgan fingerprint density at radius 2 is 1.95 bits per heavy atom. The number of nitrogens with one attached hydrogen (secondary N) is 3. The highest BCUT2D eigenvalue weighted by atomic mass is 127. The van der Waals surface area contributed by atoms with Crippen molar-refractivity contribution in [2.24, 2.45) is 0 Å². The molecule has 0 saturated heterocycles. The van der Waals surface area contributed by atoms with Crippen LogP contribution in [0.15, 0.2) is 36.7 Å². The Morgan fingerprint density at radius 1 is 1.14 bits per heavy atom. The molecule has 0 aliphatic rings. The molecule has 0 aliphatic carbocycles. The maximum atomic E-state index is 4.26. The molecule has 0 saturated carbocycles. The summed E-state index contributed by atoms with van der Waals surface area (Å²) in [6.45, 7) is 1.86. The van der Waals surface area contributed by atoms with Crippen molar-refractivity contribution < 1.29 is 0 Å². The summed E-state index contributed by atoms with van der Waals surface area (Å²) in [6, 6.07) is 10.5. The first kappa shape index (κ1) is 14.3. The van der Waals surface area contributed by atoms with E-state index in [1.165, 1.54) is 0 Å². The number of H-pyrrole nitrogens is 1. The van der Waals surface area contributed by atoms with E-state index in [9.17, 15) is 0 Å². The van der Waals surface area contributed by atoms with Crippen LogP contribution in [0.3, 0.4) is 0 Å². The molecule has 0 aliphatic heterocycles. The van der Waals surface area contributed by atoms with Crippen LogP contribution in [0.5, 0.6) is 0 Å². The van der Waals surface area contributed by atoms with Crippen LogP contribution in [0.1, 0.15) is 0 Å². The molecule has 21 heavy (non-hydrogen) atoms. The van der Waals surface area contributed by atoms with Crippen LogP contribution in [0.2, 0.25) is 0 Å². The fraction of sp³-hybridized carbons (Fsp3) is 0.200. The molecular weight excluding hydrogens is 377 g/mol. The highest BCUT2D eigenvalue weighted by Gasteiger charge is 2.07. The number of anilines is 1. The molecule has 3 rings (SSSR count). The maximum Gasteiger partial charge on any atom is 0.142 e. The molecule has 2 heterocycles. The first-order valence-corrected chi connectivity index (χ1v) is 7.84. The van der Waals surface area contributed by atoms with E-state index < -0.39 is 0 Å². The zero-order chi connectivity index (χ0) is 14.7. The number of likely N-dealkylation sites (N-methyl/N-ethyl adjacent to an activating group) is 1. The Labute approximate surface area is 136 Å². The third kappa shape index (κ3) is 3.16. The van der Waals surface area contributed by atoms with Gasteiger partial charge in [0.05, 0.1) is 5.39 Å². The highest BCUT2D eigenvalue weighted by molar-refractivity contribution is 14.1. The van der Waals surface area contributed by atoms with Crippen molar-refractivity contribution in [2.75, 3.05) is 25.5 Å². The Balaban J connectivity index is 1.83. The van der Waals surface area contributed by atoms with Crippen LogP contribution >= 0.6 is 22.6 Å².